The van der Waals surface area contributed by atoms with Gasteiger partial charge in [-0.15, -0.1) is 11.8 Å². The van der Waals surface area contributed by atoms with Crippen LogP contribution in [0.2, 0.25) is 0 Å². The zero-order valence-electron chi connectivity index (χ0n) is 11.0. The highest BCUT2D eigenvalue weighted by molar-refractivity contribution is 7.98. The molecule has 0 spiro atoms. The van der Waals surface area contributed by atoms with Crippen LogP contribution in [-0.4, -0.2) is 29.2 Å². The molecule has 94 valence electrons. The first-order chi connectivity index (χ1) is 8.20. The van der Waals surface area contributed by atoms with Crippen LogP contribution in [-0.2, 0) is 0 Å². The summed E-state index contributed by atoms with van der Waals surface area (Å²) >= 11 is 1.71. The van der Waals surface area contributed by atoms with Crippen molar-refractivity contribution in [1.29, 1.82) is 0 Å². The predicted molar refractivity (Wildman–Crippen MR) is 74.4 cm³/mol. The molecule has 2 rings (SSSR count). The Bertz CT molecular complexity index is 348. The van der Waals surface area contributed by atoms with E-state index in [4.69, 9.17) is 0 Å². The second-order valence-electron chi connectivity index (χ2n) is 5.18. The van der Waals surface area contributed by atoms with Gasteiger partial charge in [0.1, 0.15) is 0 Å². The summed E-state index contributed by atoms with van der Waals surface area (Å²) in [7, 11) is 0. The van der Waals surface area contributed by atoms with Crippen molar-refractivity contribution in [3.8, 4) is 0 Å². The predicted octanol–water partition coefficient (Wildman–Crippen LogP) is 3.60. The molecule has 0 saturated carbocycles. The number of rotatable bonds is 4. The molecular weight excluding hydrogens is 228 g/mol. The van der Waals surface area contributed by atoms with Gasteiger partial charge in [-0.25, -0.2) is 4.98 Å². The Kier molecular flexibility index (Phi) is 4.46. The lowest BCUT2D eigenvalue weighted by molar-refractivity contribution is 0.228. The number of thioether (sulfide) groups is 1. The van der Waals surface area contributed by atoms with Gasteiger partial charge >= 0.3 is 0 Å². The van der Waals surface area contributed by atoms with Gasteiger partial charge in [-0.2, -0.15) is 0 Å². The molecule has 3 heteroatoms. The van der Waals surface area contributed by atoms with Crippen LogP contribution in [0.25, 0.3) is 0 Å². The highest BCUT2D eigenvalue weighted by Crippen LogP contribution is 2.32. The highest BCUT2D eigenvalue weighted by Gasteiger charge is 2.26. The first kappa shape index (κ1) is 12.9. The van der Waals surface area contributed by atoms with Crippen LogP contribution in [0, 0.1) is 5.92 Å². The van der Waals surface area contributed by atoms with E-state index in [-0.39, 0.29) is 0 Å². The average Bonchev–Trinajstić information content (AvgIpc) is 2.76. The SMILES string of the molecule is CSc1ccc([C@H]2CCCN2CC(C)C)cn1. The Balaban J connectivity index is 2.08. The molecule has 0 bridgehead atoms. The fourth-order valence-corrected chi connectivity index (χ4v) is 2.96. The smallest absolute Gasteiger partial charge is 0.0957 e. The summed E-state index contributed by atoms with van der Waals surface area (Å²) in [6.45, 7) is 7.04. The van der Waals surface area contributed by atoms with Crippen LogP contribution >= 0.6 is 11.8 Å². The molecule has 0 amide bonds. The van der Waals surface area contributed by atoms with Gasteiger partial charge in [0.2, 0.25) is 0 Å². The third-order valence-corrected chi connectivity index (χ3v) is 3.98. The van der Waals surface area contributed by atoms with Crippen LogP contribution in [0.5, 0.6) is 0 Å². The van der Waals surface area contributed by atoms with Crippen molar-refractivity contribution in [2.45, 2.75) is 37.8 Å². The molecule has 1 aromatic rings. The van der Waals surface area contributed by atoms with Crippen molar-refractivity contribution in [3.63, 3.8) is 0 Å². The summed E-state index contributed by atoms with van der Waals surface area (Å²) in [6.07, 6.45) is 6.74. The van der Waals surface area contributed by atoms with E-state index in [9.17, 15) is 0 Å². The molecule has 0 aromatic carbocycles. The first-order valence-electron chi connectivity index (χ1n) is 6.44. The van der Waals surface area contributed by atoms with Gasteiger partial charge in [0.25, 0.3) is 0 Å². The molecule has 1 atom stereocenters. The average molecular weight is 250 g/mol. The minimum atomic E-state index is 0.598. The van der Waals surface area contributed by atoms with E-state index in [0.29, 0.717) is 6.04 Å². The molecule has 17 heavy (non-hydrogen) atoms. The fourth-order valence-electron chi connectivity index (χ4n) is 2.60. The lowest BCUT2D eigenvalue weighted by Gasteiger charge is -2.26. The summed E-state index contributed by atoms with van der Waals surface area (Å²) < 4.78 is 0. The lowest BCUT2D eigenvalue weighted by Crippen LogP contribution is -2.27. The Morgan fingerprint density at radius 3 is 2.88 bits per heavy atom. The molecule has 1 saturated heterocycles. The van der Waals surface area contributed by atoms with Crippen molar-refractivity contribution in [2.24, 2.45) is 5.92 Å². The van der Waals surface area contributed by atoms with Crippen LogP contribution in [0.3, 0.4) is 0 Å². The van der Waals surface area contributed by atoms with E-state index in [1.807, 2.05) is 0 Å². The fraction of sp³-hybridized carbons (Fsp3) is 0.643. The van der Waals surface area contributed by atoms with E-state index in [2.05, 4.69) is 48.3 Å². The summed E-state index contributed by atoms with van der Waals surface area (Å²) in [4.78, 5) is 7.10. The third-order valence-electron chi connectivity index (χ3n) is 3.32. The third kappa shape index (κ3) is 3.23. The Morgan fingerprint density at radius 1 is 1.47 bits per heavy atom. The number of nitrogens with zero attached hydrogens (tertiary/aromatic N) is 2. The van der Waals surface area contributed by atoms with Gasteiger partial charge in [0.15, 0.2) is 0 Å². The van der Waals surface area contributed by atoms with E-state index in [1.165, 1.54) is 31.5 Å². The molecule has 1 aliphatic rings. The topological polar surface area (TPSA) is 16.1 Å². The molecule has 0 radical (unpaired) electrons. The van der Waals surface area contributed by atoms with Gasteiger partial charge in [-0.1, -0.05) is 19.9 Å². The maximum Gasteiger partial charge on any atom is 0.0957 e. The zero-order chi connectivity index (χ0) is 12.3. The minimum absolute atomic E-state index is 0.598. The van der Waals surface area contributed by atoms with E-state index < -0.39 is 0 Å². The lowest BCUT2D eigenvalue weighted by atomic mass is 10.1. The molecule has 2 heterocycles. The number of likely N-dealkylation sites (tertiary alicyclic amines) is 1. The number of hydrogen-bond acceptors (Lipinski definition) is 3. The second kappa shape index (κ2) is 5.87. The minimum Gasteiger partial charge on any atom is -0.296 e. The van der Waals surface area contributed by atoms with Gasteiger partial charge in [0.05, 0.1) is 5.03 Å². The molecule has 2 nitrogen and oxygen atoms in total. The highest BCUT2D eigenvalue weighted by atomic mass is 32.2. The molecule has 0 N–H and O–H groups in total. The maximum atomic E-state index is 4.49. The van der Waals surface area contributed by atoms with Gasteiger partial charge < -0.3 is 0 Å². The van der Waals surface area contributed by atoms with Crippen molar-refractivity contribution < 1.29 is 0 Å². The number of aromatic nitrogens is 1. The van der Waals surface area contributed by atoms with Crippen LogP contribution < -0.4 is 0 Å². The quantitative estimate of drug-likeness (QED) is 0.760. The van der Waals surface area contributed by atoms with E-state index >= 15 is 0 Å². The van der Waals surface area contributed by atoms with Gasteiger partial charge in [-0.05, 0) is 43.2 Å². The van der Waals surface area contributed by atoms with Crippen LogP contribution in [0.1, 0.15) is 38.3 Å². The van der Waals surface area contributed by atoms with E-state index in [1.54, 1.807) is 11.8 Å². The molecule has 1 aliphatic heterocycles. The Labute approximate surface area is 109 Å². The van der Waals surface area contributed by atoms with Gasteiger partial charge in [0, 0.05) is 18.8 Å². The van der Waals surface area contributed by atoms with Crippen molar-refractivity contribution in [2.75, 3.05) is 19.3 Å². The monoisotopic (exact) mass is 250 g/mol. The second-order valence-corrected chi connectivity index (χ2v) is 6.01. The Hall–Kier alpha value is -0.540. The first-order valence-corrected chi connectivity index (χ1v) is 7.67. The molecular formula is C14H22N2S. The van der Waals surface area contributed by atoms with Crippen molar-refractivity contribution in [3.05, 3.63) is 23.9 Å². The van der Waals surface area contributed by atoms with Gasteiger partial charge in [-0.3, -0.25) is 4.90 Å². The standard InChI is InChI=1S/C14H22N2S/c1-11(2)10-16-8-4-5-13(16)12-6-7-14(17-3)15-9-12/h6-7,9,11,13H,4-5,8,10H2,1-3H3/t13-/m1/s1. The summed E-state index contributed by atoms with van der Waals surface area (Å²) in [5.74, 6) is 0.744. The molecule has 1 fully saturated rings. The number of hydrogen-bond donors (Lipinski definition) is 0. The molecule has 1 aromatic heterocycles. The zero-order valence-corrected chi connectivity index (χ0v) is 11.8. The van der Waals surface area contributed by atoms with Crippen LogP contribution in [0.15, 0.2) is 23.4 Å². The van der Waals surface area contributed by atoms with Crippen molar-refractivity contribution >= 4 is 11.8 Å². The summed E-state index contributed by atoms with van der Waals surface area (Å²) in [6, 6.07) is 4.99. The number of pyridine rings is 1. The maximum absolute atomic E-state index is 4.49. The molecule has 0 unspecified atom stereocenters. The van der Waals surface area contributed by atoms with E-state index in [0.717, 1.165) is 10.9 Å². The van der Waals surface area contributed by atoms with Crippen LogP contribution in [0.4, 0.5) is 0 Å². The largest absolute Gasteiger partial charge is 0.296 e. The van der Waals surface area contributed by atoms with Crippen molar-refractivity contribution in [1.82, 2.24) is 9.88 Å². The molecule has 0 aliphatic carbocycles. The summed E-state index contributed by atoms with van der Waals surface area (Å²) in [5, 5.41) is 1.11. The summed E-state index contributed by atoms with van der Waals surface area (Å²) in [5.41, 5.74) is 1.39. The Morgan fingerprint density at radius 2 is 2.29 bits per heavy atom. The normalized spacial score (nSPS) is 21.3.